The van der Waals surface area contributed by atoms with Crippen LogP contribution in [0.15, 0.2) is 70.5 Å². The minimum atomic E-state index is -0.354. The molecule has 0 spiro atoms. The van der Waals surface area contributed by atoms with Crippen molar-refractivity contribution in [2.75, 3.05) is 10.6 Å². The van der Waals surface area contributed by atoms with E-state index in [0.717, 1.165) is 16.5 Å². The number of hydrogen-bond donors (Lipinski definition) is 2. The molecular formula is C24H22N4O3S. The number of anilines is 2. The number of fused-ring (bicyclic) bond motifs is 1. The third kappa shape index (κ3) is 4.81. The highest BCUT2D eigenvalue weighted by molar-refractivity contribution is 7.98. The summed E-state index contributed by atoms with van der Waals surface area (Å²) < 4.78 is 5.94. The molecule has 0 aliphatic heterocycles. The summed E-state index contributed by atoms with van der Waals surface area (Å²) in [5.74, 6) is 0.283. The first kappa shape index (κ1) is 21.6. The van der Waals surface area contributed by atoms with E-state index in [-0.39, 0.29) is 17.6 Å². The number of carbonyl (C=O) groups excluding carboxylic acids is 2. The number of furan rings is 1. The van der Waals surface area contributed by atoms with Crippen LogP contribution in [0.1, 0.15) is 35.0 Å². The molecule has 0 fully saturated rings. The Hall–Kier alpha value is -3.65. The molecular weight excluding hydrogens is 424 g/mol. The van der Waals surface area contributed by atoms with Gasteiger partial charge in [-0.25, -0.2) is 9.97 Å². The van der Waals surface area contributed by atoms with E-state index in [1.165, 1.54) is 11.8 Å². The van der Waals surface area contributed by atoms with E-state index < -0.39 is 0 Å². The van der Waals surface area contributed by atoms with Crippen molar-refractivity contribution in [3.8, 4) is 0 Å². The number of thioether (sulfide) groups is 1. The quantitative estimate of drug-likeness (QED) is 0.290. The first-order chi connectivity index (χ1) is 15.5. The highest BCUT2D eigenvalue weighted by Crippen LogP contribution is 2.32. The second-order valence-corrected chi connectivity index (χ2v) is 8.05. The van der Waals surface area contributed by atoms with Crippen molar-refractivity contribution in [3.63, 3.8) is 0 Å². The largest absolute Gasteiger partial charge is 0.451 e. The van der Waals surface area contributed by atoms with Gasteiger partial charge in [-0.1, -0.05) is 43.0 Å². The molecule has 0 aliphatic rings. The Balaban J connectivity index is 1.62. The molecule has 0 radical (unpaired) electrons. The Morgan fingerprint density at radius 1 is 1.03 bits per heavy atom. The topological polar surface area (TPSA) is 97.1 Å². The molecule has 2 aromatic carbocycles. The van der Waals surface area contributed by atoms with Gasteiger partial charge in [0.2, 0.25) is 5.91 Å². The molecule has 4 rings (SSSR count). The summed E-state index contributed by atoms with van der Waals surface area (Å²) in [4.78, 5) is 33.4. The third-order valence-corrected chi connectivity index (χ3v) is 5.78. The Bertz CT molecular complexity index is 1270. The van der Waals surface area contributed by atoms with Crippen LogP contribution in [0.5, 0.6) is 0 Å². The molecule has 2 heterocycles. The standard InChI is InChI=1S/C24H22N4O3S/c1-3-21(29)27-16-10-9-15(2)19(13-16)28-23(30)22-18(14-32-24-25-11-6-12-26-24)17-7-4-5-8-20(17)31-22/h4-13H,3,14H2,1-2H3,(H,27,29)(H,28,30). The lowest BCUT2D eigenvalue weighted by molar-refractivity contribution is -0.115. The summed E-state index contributed by atoms with van der Waals surface area (Å²) in [5.41, 5.74) is 3.53. The predicted octanol–water partition coefficient (Wildman–Crippen LogP) is 5.42. The SMILES string of the molecule is CCC(=O)Nc1ccc(C)c(NC(=O)c2oc3ccccc3c2CSc2ncccn2)c1. The van der Waals surface area contributed by atoms with Crippen molar-refractivity contribution in [2.45, 2.75) is 31.2 Å². The molecule has 0 bridgehead atoms. The van der Waals surface area contributed by atoms with E-state index in [0.29, 0.717) is 34.3 Å². The maximum absolute atomic E-state index is 13.2. The molecule has 7 nitrogen and oxygen atoms in total. The molecule has 0 saturated heterocycles. The zero-order chi connectivity index (χ0) is 22.5. The maximum atomic E-state index is 13.2. The van der Waals surface area contributed by atoms with Gasteiger partial charge < -0.3 is 15.1 Å². The highest BCUT2D eigenvalue weighted by Gasteiger charge is 2.21. The zero-order valence-electron chi connectivity index (χ0n) is 17.7. The molecule has 2 amide bonds. The highest BCUT2D eigenvalue weighted by atomic mass is 32.2. The zero-order valence-corrected chi connectivity index (χ0v) is 18.5. The van der Waals surface area contributed by atoms with Crippen LogP contribution >= 0.6 is 11.8 Å². The second-order valence-electron chi connectivity index (χ2n) is 7.11. The number of nitrogens with zero attached hydrogens (tertiary/aromatic N) is 2. The monoisotopic (exact) mass is 446 g/mol. The van der Waals surface area contributed by atoms with Crippen molar-refractivity contribution in [3.05, 3.63) is 77.8 Å². The molecule has 8 heteroatoms. The van der Waals surface area contributed by atoms with Crippen molar-refractivity contribution < 1.29 is 14.0 Å². The van der Waals surface area contributed by atoms with Crippen LogP contribution in [-0.4, -0.2) is 21.8 Å². The predicted molar refractivity (Wildman–Crippen MR) is 126 cm³/mol. The van der Waals surface area contributed by atoms with E-state index in [9.17, 15) is 9.59 Å². The van der Waals surface area contributed by atoms with Crippen LogP contribution in [0.25, 0.3) is 11.0 Å². The Labute approximate surface area is 189 Å². The summed E-state index contributed by atoms with van der Waals surface area (Å²) in [6.45, 7) is 3.68. The Morgan fingerprint density at radius 3 is 2.59 bits per heavy atom. The average molecular weight is 447 g/mol. The fraction of sp³-hybridized carbons (Fsp3) is 0.167. The lowest BCUT2D eigenvalue weighted by Crippen LogP contribution is -2.15. The van der Waals surface area contributed by atoms with Crippen molar-refractivity contribution >= 4 is 45.9 Å². The molecule has 162 valence electrons. The lowest BCUT2D eigenvalue weighted by Gasteiger charge is -2.11. The summed E-state index contributed by atoms with van der Waals surface area (Å²) >= 11 is 1.44. The van der Waals surface area contributed by atoms with Gasteiger partial charge in [-0.3, -0.25) is 9.59 Å². The first-order valence-corrected chi connectivity index (χ1v) is 11.2. The summed E-state index contributed by atoms with van der Waals surface area (Å²) in [5, 5.41) is 7.25. The van der Waals surface area contributed by atoms with Gasteiger partial charge in [-0.05, 0) is 36.8 Å². The molecule has 0 unspecified atom stereocenters. The molecule has 2 N–H and O–H groups in total. The number of nitrogens with one attached hydrogen (secondary N) is 2. The van der Waals surface area contributed by atoms with Crippen LogP contribution in [0.2, 0.25) is 0 Å². The number of aryl methyl sites for hydroxylation is 1. The smallest absolute Gasteiger partial charge is 0.291 e. The van der Waals surface area contributed by atoms with Gasteiger partial charge in [0.25, 0.3) is 5.91 Å². The fourth-order valence-electron chi connectivity index (χ4n) is 3.19. The number of hydrogen-bond acceptors (Lipinski definition) is 6. The van der Waals surface area contributed by atoms with E-state index >= 15 is 0 Å². The number of aromatic nitrogens is 2. The average Bonchev–Trinajstić information content (AvgIpc) is 3.19. The number of benzene rings is 2. The molecule has 0 aliphatic carbocycles. The summed E-state index contributed by atoms with van der Waals surface area (Å²) in [6, 6.07) is 14.7. The molecule has 0 saturated carbocycles. The van der Waals surface area contributed by atoms with Crippen molar-refractivity contribution in [2.24, 2.45) is 0 Å². The van der Waals surface area contributed by atoms with Crippen LogP contribution < -0.4 is 10.6 Å². The molecule has 4 aromatic rings. The van der Waals surface area contributed by atoms with E-state index in [4.69, 9.17) is 4.42 Å². The Kier molecular flexibility index (Phi) is 6.51. The molecule has 2 aromatic heterocycles. The maximum Gasteiger partial charge on any atom is 0.291 e. The normalized spacial score (nSPS) is 10.8. The van der Waals surface area contributed by atoms with Crippen LogP contribution in [0.4, 0.5) is 11.4 Å². The van der Waals surface area contributed by atoms with Gasteiger partial charge >= 0.3 is 0 Å². The number of rotatable bonds is 7. The van der Waals surface area contributed by atoms with E-state index in [1.807, 2.05) is 43.3 Å². The summed E-state index contributed by atoms with van der Waals surface area (Å²) in [7, 11) is 0. The third-order valence-electron chi connectivity index (χ3n) is 4.88. The van der Waals surface area contributed by atoms with Crippen LogP contribution in [0.3, 0.4) is 0 Å². The minimum Gasteiger partial charge on any atom is -0.451 e. The van der Waals surface area contributed by atoms with Gasteiger partial charge in [0.15, 0.2) is 10.9 Å². The lowest BCUT2D eigenvalue weighted by atomic mass is 10.1. The van der Waals surface area contributed by atoms with Crippen LogP contribution in [0, 0.1) is 6.92 Å². The van der Waals surface area contributed by atoms with Gasteiger partial charge in [0.1, 0.15) is 5.58 Å². The second kappa shape index (κ2) is 9.65. The van der Waals surface area contributed by atoms with Gasteiger partial charge in [0.05, 0.1) is 0 Å². The van der Waals surface area contributed by atoms with Gasteiger partial charge in [-0.15, -0.1) is 0 Å². The number of para-hydroxylation sites is 1. The van der Waals surface area contributed by atoms with Crippen molar-refractivity contribution in [1.82, 2.24) is 9.97 Å². The fourth-order valence-corrected chi connectivity index (χ4v) is 4.02. The minimum absolute atomic E-state index is 0.0918. The molecule has 32 heavy (non-hydrogen) atoms. The van der Waals surface area contributed by atoms with E-state index in [2.05, 4.69) is 20.6 Å². The Morgan fingerprint density at radius 2 is 1.81 bits per heavy atom. The molecule has 0 atom stereocenters. The van der Waals surface area contributed by atoms with Crippen LogP contribution in [-0.2, 0) is 10.5 Å². The number of amides is 2. The first-order valence-electron chi connectivity index (χ1n) is 10.2. The van der Waals surface area contributed by atoms with Gasteiger partial charge in [0, 0.05) is 46.9 Å². The van der Waals surface area contributed by atoms with E-state index in [1.54, 1.807) is 31.5 Å². The summed E-state index contributed by atoms with van der Waals surface area (Å²) in [6.07, 6.45) is 3.74. The van der Waals surface area contributed by atoms with Gasteiger partial charge in [-0.2, -0.15) is 0 Å². The van der Waals surface area contributed by atoms with Crippen molar-refractivity contribution in [1.29, 1.82) is 0 Å². The number of carbonyl (C=O) groups is 2.